The van der Waals surface area contributed by atoms with Gasteiger partial charge in [0.05, 0.1) is 0 Å². The van der Waals surface area contributed by atoms with Gasteiger partial charge in [0.2, 0.25) is 5.91 Å². The zero-order valence-electron chi connectivity index (χ0n) is 11.6. The first-order chi connectivity index (χ1) is 10.7. The second kappa shape index (κ2) is 6.98. The molecule has 0 aliphatic heterocycles. The molecule has 112 valence electrons. The van der Waals surface area contributed by atoms with Crippen molar-refractivity contribution >= 4 is 50.4 Å². The number of para-hydroxylation sites is 2. The number of nitrogens with zero attached hydrogens (tertiary/aromatic N) is 1. The quantitative estimate of drug-likeness (QED) is 0.655. The van der Waals surface area contributed by atoms with Crippen LogP contribution in [0.4, 0.5) is 5.69 Å². The average Bonchev–Trinajstić information content (AvgIpc) is 2.92. The Morgan fingerprint density at radius 1 is 1.18 bits per heavy atom. The van der Waals surface area contributed by atoms with Crippen LogP contribution in [0.3, 0.4) is 0 Å². The van der Waals surface area contributed by atoms with E-state index in [-0.39, 0.29) is 5.91 Å². The topological polar surface area (TPSA) is 55.1 Å². The Balaban J connectivity index is 1.49. The molecule has 1 N–H and O–H groups in total. The summed E-state index contributed by atoms with van der Waals surface area (Å²) in [5, 5.41) is 3.45. The van der Waals surface area contributed by atoms with Gasteiger partial charge in [-0.25, -0.2) is 4.98 Å². The predicted molar refractivity (Wildman–Crippen MR) is 92.1 cm³/mol. The van der Waals surface area contributed by atoms with Crippen molar-refractivity contribution in [2.45, 2.75) is 11.6 Å². The molecule has 0 bridgehead atoms. The van der Waals surface area contributed by atoms with E-state index in [0.717, 1.165) is 21.3 Å². The Hall–Kier alpha value is -1.79. The molecular weight excluding hydrogens is 364 g/mol. The maximum atomic E-state index is 11.9. The maximum absolute atomic E-state index is 11.9. The minimum atomic E-state index is -0.0223. The molecule has 1 aromatic heterocycles. The summed E-state index contributed by atoms with van der Waals surface area (Å²) in [4.78, 5) is 16.2. The van der Waals surface area contributed by atoms with E-state index in [0.29, 0.717) is 17.4 Å². The number of nitrogens with one attached hydrogen (secondary N) is 1. The van der Waals surface area contributed by atoms with E-state index in [1.807, 2.05) is 48.5 Å². The molecule has 0 spiro atoms. The fraction of sp³-hybridized carbons (Fsp3) is 0.125. The van der Waals surface area contributed by atoms with Crippen molar-refractivity contribution in [3.63, 3.8) is 0 Å². The fourth-order valence-electron chi connectivity index (χ4n) is 1.90. The van der Waals surface area contributed by atoms with Gasteiger partial charge in [0, 0.05) is 22.3 Å². The van der Waals surface area contributed by atoms with Crippen molar-refractivity contribution in [1.29, 1.82) is 0 Å². The van der Waals surface area contributed by atoms with Crippen LogP contribution in [0.2, 0.25) is 0 Å². The molecule has 6 heteroatoms. The maximum Gasteiger partial charge on any atom is 0.256 e. The van der Waals surface area contributed by atoms with Crippen LogP contribution < -0.4 is 5.32 Å². The number of hydrogen-bond acceptors (Lipinski definition) is 4. The second-order valence-electron chi connectivity index (χ2n) is 4.60. The van der Waals surface area contributed by atoms with E-state index in [1.54, 1.807) is 0 Å². The van der Waals surface area contributed by atoms with Gasteiger partial charge in [0.1, 0.15) is 5.52 Å². The van der Waals surface area contributed by atoms with Crippen LogP contribution in [0.25, 0.3) is 11.1 Å². The van der Waals surface area contributed by atoms with Gasteiger partial charge in [0.25, 0.3) is 5.22 Å². The Morgan fingerprint density at radius 2 is 1.95 bits per heavy atom. The highest BCUT2D eigenvalue weighted by Crippen LogP contribution is 2.23. The summed E-state index contributed by atoms with van der Waals surface area (Å²) in [6.07, 6.45) is 0.402. The Morgan fingerprint density at radius 3 is 2.73 bits per heavy atom. The number of halogens is 1. The lowest BCUT2D eigenvalue weighted by molar-refractivity contribution is -0.115. The van der Waals surface area contributed by atoms with Gasteiger partial charge in [-0.05, 0) is 36.4 Å². The largest absolute Gasteiger partial charge is 0.431 e. The summed E-state index contributed by atoms with van der Waals surface area (Å²) in [5.74, 6) is 0.598. The lowest BCUT2D eigenvalue weighted by Crippen LogP contribution is -2.11. The Kier molecular flexibility index (Phi) is 4.80. The number of thioether (sulfide) groups is 1. The van der Waals surface area contributed by atoms with E-state index in [9.17, 15) is 4.79 Å². The van der Waals surface area contributed by atoms with Crippen molar-refractivity contribution in [2.75, 3.05) is 11.1 Å². The number of anilines is 1. The van der Waals surface area contributed by atoms with Crippen LogP contribution in [0.15, 0.2) is 62.6 Å². The number of oxazole rings is 1. The van der Waals surface area contributed by atoms with Crippen LogP contribution >= 0.6 is 27.7 Å². The molecule has 0 unspecified atom stereocenters. The summed E-state index contributed by atoms with van der Waals surface area (Å²) < 4.78 is 6.58. The molecule has 0 saturated heterocycles. The fourth-order valence-corrected chi connectivity index (χ4v) is 2.94. The minimum absolute atomic E-state index is 0.0223. The highest BCUT2D eigenvalue weighted by molar-refractivity contribution is 9.10. The molecule has 0 aliphatic carbocycles. The first-order valence-electron chi connectivity index (χ1n) is 6.74. The summed E-state index contributed by atoms with van der Waals surface area (Å²) in [6, 6.07) is 15.1. The third-order valence-corrected chi connectivity index (χ3v) is 4.32. The smallest absolute Gasteiger partial charge is 0.256 e. The molecule has 3 aromatic rings. The van der Waals surface area contributed by atoms with Crippen LogP contribution in [0.5, 0.6) is 0 Å². The van der Waals surface area contributed by atoms with E-state index in [1.165, 1.54) is 11.8 Å². The van der Waals surface area contributed by atoms with Crippen molar-refractivity contribution in [3.05, 3.63) is 53.0 Å². The van der Waals surface area contributed by atoms with Crippen LogP contribution in [-0.4, -0.2) is 16.6 Å². The van der Waals surface area contributed by atoms with Crippen LogP contribution in [-0.2, 0) is 4.79 Å². The normalized spacial score (nSPS) is 10.8. The van der Waals surface area contributed by atoms with E-state index in [2.05, 4.69) is 26.2 Å². The number of amides is 1. The standard InChI is InChI=1S/C16H13BrN2O2S/c17-11-5-7-12(8-6-11)18-15(20)9-10-22-16-19-13-3-1-2-4-14(13)21-16/h1-8H,9-10H2,(H,18,20). The van der Waals surface area contributed by atoms with E-state index in [4.69, 9.17) is 4.42 Å². The molecule has 0 saturated carbocycles. The second-order valence-corrected chi connectivity index (χ2v) is 6.56. The van der Waals surface area contributed by atoms with Crippen molar-refractivity contribution in [2.24, 2.45) is 0 Å². The minimum Gasteiger partial charge on any atom is -0.431 e. The van der Waals surface area contributed by atoms with Gasteiger partial charge < -0.3 is 9.73 Å². The van der Waals surface area contributed by atoms with Crippen molar-refractivity contribution in [3.8, 4) is 0 Å². The SMILES string of the molecule is O=C(CCSc1nc2ccccc2o1)Nc1ccc(Br)cc1. The summed E-state index contributed by atoms with van der Waals surface area (Å²) in [5.41, 5.74) is 2.40. The molecule has 0 atom stereocenters. The van der Waals surface area contributed by atoms with Gasteiger partial charge in [-0.15, -0.1) is 0 Å². The lowest BCUT2D eigenvalue weighted by atomic mass is 10.3. The van der Waals surface area contributed by atoms with Gasteiger partial charge in [-0.3, -0.25) is 4.79 Å². The van der Waals surface area contributed by atoms with Crippen molar-refractivity contribution < 1.29 is 9.21 Å². The molecule has 4 nitrogen and oxygen atoms in total. The molecule has 2 aromatic carbocycles. The summed E-state index contributed by atoms with van der Waals surface area (Å²) in [7, 11) is 0. The first-order valence-corrected chi connectivity index (χ1v) is 8.52. The third kappa shape index (κ3) is 3.90. The molecule has 0 radical (unpaired) electrons. The zero-order chi connectivity index (χ0) is 15.4. The molecule has 0 aliphatic rings. The Labute approximate surface area is 140 Å². The molecule has 1 amide bonds. The molecular formula is C16H13BrN2O2S. The summed E-state index contributed by atoms with van der Waals surface area (Å²) >= 11 is 4.80. The summed E-state index contributed by atoms with van der Waals surface area (Å²) in [6.45, 7) is 0. The van der Waals surface area contributed by atoms with Gasteiger partial charge >= 0.3 is 0 Å². The number of benzene rings is 2. The number of carbonyl (C=O) groups is 1. The van der Waals surface area contributed by atoms with Crippen LogP contribution in [0.1, 0.15) is 6.42 Å². The van der Waals surface area contributed by atoms with E-state index < -0.39 is 0 Å². The monoisotopic (exact) mass is 376 g/mol. The van der Waals surface area contributed by atoms with E-state index >= 15 is 0 Å². The predicted octanol–water partition coefficient (Wildman–Crippen LogP) is 4.71. The van der Waals surface area contributed by atoms with Crippen LogP contribution in [0, 0.1) is 0 Å². The molecule has 22 heavy (non-hydrogen) atoms. The van der Waals surface area contributed by atoms with Crippen molar-refractivity contribution in [1.82, 2.24) is 4.98 Å². The zero-order valence-corrected chi connectivity index (χ0v) is 14.0. The number of hydrogen-bond donors (Lipinski definition) is 1. The third-order valence-electron chi connectivity index (χ3n) is 2.96. The first kappa shape index (κ1) is 15.1. The number of aromatic nitrogens is 1. The number of fused-ring (bicyclic) bond motifs is 1. The molecule has 1 heterocycles. The van der Waals surface area contributed by atoms with Gasteiger partial charge in [0.15, 0.2) is 5.58 Å². The lowest BCUT2D eigenvalue weighted by Gasteiger charge is -2.04. The van der Waals surface area contributed by atoms with Gasteiger partial charge in [-0.2, -0.15) is 0 Å². The van der Waals surface area contributed by atoms with Gasteiger partial charge in [-0.1, -0.05) is 39.8 Å². The molecule has 0 fully saturated rings. The highest BCUT2D eigenvalue weighted by atomic mass is 79.9. The highest BCUT2D eigenvalue weighted by Gasteiger charge is 2.07. The Bertz CT molecular complexity index is 753. The number of rotatable bonds is 5. The molecule has 3 rings (SSSR count). The average molecular weight is 377 g/mol. The number of carbonyl (C=O) groups excluding carboxylic acids is 1.